The van der Waals surface area contributed by atoms with Crippen LogP contribution in [0.4, 0.5) is 4.39 Å². The summed E-state index contributed by atoms with van der Waals surface area (Å²) < 4.78 is 14.7. The van der Waals surface area contributed by atoms with Crippen molar-refractivity contribution in [2.24, 2.45) is 0 Å². The number of hydrogen-bond acceptors (Lipinski definition) is 3. The number of halogens is 1. The molecule has 0 fully saturated rings. The molecule has 0 aliphatic carbocycles. The molecule has 0 saturated carbocycles. The molecule has 1 heterocycles. The van der Waals surface area contributed by atoms with Gasteiger partial charge in [-0.05, 0) is 24.1 Å². The molecule has 2 rings (SSSR count). The molecule has 0 spiro atoms. The van der Waals surface area contributed by atoms with Crippen LogP contribution in [0, 0.1) is 17.1 Å². The molecule has 0 aliphatic heterocycles. The van der Waals surface area contributed by atoms with E-state index in [2.05, 4.69) is 16.2 Å². The fourth-order valence-electron chi connectivity index (χ4n) is 2.00. The molecule has 1 aromatic carbocycles. The van der Waals surface area contributed by atoms with Gasteiger partial charge in [0.2, 0.25) is 0 Å². The van der Waals surface area contributed by atoms with Gasteiger partial charge in [-0.25, -0.2) is 14.1 Å². The third-order valence-electron chi connectivity index (χ3n) is 2.98. The van der Waals surface area contributed by atoms with Crippen LogP contribution in [0.5, 0.6) is 0 Å². The third kappa shape index (κ3) is 3.16. The maximum absolute atomic E-state index is 12.9. The van der Waals surface area contributed by atoms with Crippen LogP contribution in [0.25, 0.3) is 0 Å². The standard InChI is InChI=1S/C14H15FN4/c1-2-13(11-5-7-12(15)8-6-11)19-10-17-14(18-19)4-3-9-16/h5-8,10,13H,2-4H2,1H3. The smallest absolute Gasteiger partial charge is 0.151 e. The summed E-state index contributed by atoms with van der Waals surface area (Å²) in [6.45, 7) is 2.05. The Morgan fingerprint density at radius 3 is 2.74 bits per heavy atom. The first-order valence-electron chi connectivity index (χ1n) is 6.27. The molecule has 0 saturated heterocycles. The third-order valence-corrected chi connectivity index (χ3v) is 2.98. The minimum atomic E-state index is -0.244. The molecule has 0 radical (unpaired) electrons. The monoisotopic (exact) mass is 258 g/mol. The van der Waals surface area contributed by atoms with Gasteiger partial charge < -0.3 is 0 Å². The van der Waals surface area contributed by atoms with E-state index >= 15 is 0 Å². The first kappa shape index (κ1) is 13.2. The van der Waals surface area contributed by atoms with Gasteiger partial charge in [-0.3, -0.25) is 0 Å². The largest absolute Gasteiger partial charge is 0.245 e. The van der Waals surface area contributed by atoms with Crippen molar-refractivity contribution >= 4 is 0 Å². The Morgan fingerprint density at radius 1 is 1.37 bits per heavy atom. The second-order valence-electron chi connectivity index (χ2n) is 4.27. The molecule has 0 amide bonds. The number of nitrogens with zero attached hydrogens (tertiary/aromatic N) is 4. The zero-order valence-electron chi connectivity index (χ0n) is 10.8. The van der Waals surface area contributed by atoms with E-state index in [1.165, 1.54) is 12.1 Å². The van der Waals surface area contributed by atoms with E-state index in [1.54, 1.807) is 23.1 Å². The second-order valence-corrected chi connectivity index (χ2v) is 4.27. The summed E-state index contributed by atoms with van der Waals surface area (Å²) in [7, 11) is 0. The summed E-state index contributed by atoms with van der Waals surface area (Å²) in [6.07, 6.45) is 3.48. The first-order valence-corrected chi connectivity index (χ1v) is 6.27. The summed E-state index contributed by atoms with van der Waals surface area (Å²) in [5, 5.41) is 12.9. The lowest BCUT2D eigenvalue weighted by Gasteiger charge is -2.15. The summed E-state index contributed by atoms with van der Waals surface area (Å²) >= 11 is 0. The maximum atomic E-state index is 12.9. The van der Waals surface area contributed by atoms with E-state index in [1.807, 2.05) is 6.92 Å². The fraction of sp³-hybridized carbons (Fsp3) is 0.357. The number of nitriles is 1. The molecule has 1 unspecified atom stereocenters. The van der Waals surface area contributed by atoms with Crippen LogP contribution in [0.2, 0.25) is 0 Å². The molecule has 4 nitrogen and oxygen atoms in total. The lowest BCUT2D eigenvalue weighted by atomic mass is 10.1. The molecule has 0 aliphatic rings. The molecule has 19 heavy (non-hydrogen) atoms. The molecule has 98 valence electrons. The zero-order chi connectivity index (χ0) is 13.7. The number of aryl methyl sites for hydroxylation is 1. The Kier molecular flexibility index (Phi) is 4.24. The molecule has 0 N–H and O–H groups in total. The van der Waals surface area contributed by atoms with Gasteiger partial charge in [0.05, 0.1) is 12.1 Å². The van der Waals surface area contributed by atoms with Gasteiger partial charge in [-0.15, -0.1) is 0 Å². The lowest BCUT2D eigenvalue weighted by molar-refractivity contribution is 0.502. The van der Waals surface area contributed by atoms with Crippen LogP contribution < -0.4 is 0 Å². The van der Waals surface area contributed by atoms with Crippen molar-refractivity contribution in [1.82, 2.24) is 14.8 Å². The highest BCUT2D eigenvalue weighted by Crippen LogP contribution is 2.21. The van der Waals surface area contributed by atoms with E-state index in [4.69, 9.17) is 5.26 Å². The van der Waals surface area contributed by atoms with Crippen molar-refractivity contribution < 1.29 is 4.39 Å². The van der Waals surface area contributed by atoms with Crippen LogP contribution >= 0.6 is 0 Å². The Balaban J connectivity index is 2.20. The van der Waals surface area contributed by atoms with E-state index in [0.29, 0.717) is 18.7 Å². The Bertz CT molecular complexity index is 568. The minimum absolute atomic E-state index is 0.0453. The van der Waals surface area contributed by atoms with Gasteiger partial charge in [-0.2, -0.15) is 10.4 Å². The minimum Gasteiger partial charge on any atom is -0.245 e. The van der Waals surface area contributed by atoms with E-state index in [9.17, 15) is 4.39 Å². The number of benzene rings is 1. The molecule has 2 aromatic rings. The second kappa shape index (κ2) is 6.10. The molecular formula is C14H15FN4. The molecule has 1 aromatic heterocycles. The molecule has 5 heteroatoms. The topological polar surface area (TPSA) is 54.5 Å². The average Bonchev–Trinajstić information content (AvgIpc) is 2.88. The highest BCUT2D eigenvalue weighted by Gasteiger charge is 2.13. The van der Waals surface area contributed by atoms with Gasteiger partial charge in [-0.1, -0.05) is 19.1 Å². The molecule has 0 bridgehead atoms. The predicted molar refractivity (Wildman–Crippen MR) is 68.8 cm³/mol. The van der Waals surface area contributed by atoms with Crippen molar-refractivity contribution in [3.05, 3.63) is 47.8 Å². The van der Waals surface area contributed by atoms with E-state index in [-0.39, 0.29) is 11.9 Å². The maximum Gasteiger partial charge on any atom is 0.151 e. The van der Waals surface area contributed by atoms with Gasteiger partial charge in [0.1, 0.15) is 12.1 Å². The van der Waals surface area contributed by atoms with Gasteiger partial charge in [0.15, 0.2) is 5.82 Å². The van der Waals surface area contributed by atoms with E-state index in [0.717, 1.165) is 12.0 Å². The quantitative estimate of drug-likeness (QED) is 0.828. The van der Waals surface area contributed by atoms with Crippen molar-refractivity contribution in [2.75, 3.05) is 0 Å². The van der Waals surface area contributed by atoms with Crippen molar-refractivity contribution in [2.45, 2.75) is 32.2 Å². The summed E-state index contributed by atoms with van der Waals surface area (Å²) in [4.78, 5) is 4.19. The van der Waals surface area contributed by atoms with Gasteiger partial charge in [0, 0.05) is 12.8 Å². The van der Waals surface area contributed by atoms with Gasteiger partial charge >= 0.3 is 0 Å². The van der Waals surface area contributed by atoms with Crippen LogP contribution in [0.15, 0.2) is 30.6 Å². The summed E-state index contributed by atoms with van der Waals surface area (Å²) in [5.74, 6) is 0.425. The Hall–Kier alpha value is -2.22. The normalized spacial score (nSPS) is 12.1. The number of rotatable bonds is 5. The average molecular weight is 258 g/mol. The zero-order valence-corrected chi connectivity index (χ0v) is 10.8. The highest BCUT2D eigenvalue weighted by atomic mass is 19.1. The van der Waals surface area contributed by atoms with Crippen molar-refractivity contribution in [1.29, 1.82) is 5.26 Å². The Labute approximate surface area is 111 Å². The lowest BCUT2D eigenvalue weighted by Crippen LogP contribution is -2.10. The first-order chi connectivity index (χ1) is 9.24. The highest BCUT2D eigenvalue weighted by molar-refractivity contribution is 5.20. The molecule has 1 atom stereocenters. The summed E-state index contributed by atoms with van der Waals surface area (Å²) in [5.41, 5.74) is 1.00. The van der Waals surface area contributed by atoms with Crippen molar-refractivity contribution in [3.8, 4) is 6.07 Å². The fourth-order valence-corrected chi connectivity index (χ4v) is 2.00. The Morgan fingerprint density at radius 2 is 2.11 bits per heavy atom. The van der Waals surface area contributed by atoms with Gasteiger partial charge in [0.25, 0.3) is 0 Å². The number of hydrogen-bond donors (Lipinski definition) is 0. The van der Waals surface area contributed by atoms with Crippen LogP contribution in [0.3, 0.4) is 0 Å². The predicted octanol–water partition coefficient (Wildman–Crippen LogP) is 2.87. The SMILES string of the molecule is CCC(c1ccc(F)cc1)n1cnc(CCC#N)n1. The summed E-state index contributed by atoms with van der Waals surface area (Å²) in [6, 6.07) is 8.55. The molecular weight excluding hydrogens is 243 g/mol. The van der Waals surface area contributed by atoms with Crippen LogP contribution in [0.1, 0.15) is 37.2 Å². The number of aromatic nitrogens is 3. The van der Waals surface area contributed by atoms with Crippen LogP contribution in [-0.2, 0) is 6.42 Å². The van der Waals surface area contributed by atoms with E-state index < -0.39 is 0 Å². The van der Waals surface area contributed by atoms with Crippen LogP contribution in [-0.4, -0.2) is 14.8 Å². The van der Waals surface area contributed by atoms with Crippen molar-refractivity contribution in [3.63, 3.8) is 0 Å².